The Morgan fingerprint density at radius 3 is 2.29 bits per heavy atom. The molecule has 0 aliphatic rings. The van der Waals surface area contributed by atoms with E-state index in [2.05, 4.69) is 17.0 Å². The number of aliphatic hydroxyl groups is 1. The van der Waals surface area contributed by atoms with Crippen LogP contribution in [0.2, 0.25) is 0 Å². The molecule has 1 N–H and O–H groups in total. The summed E-state index contributed by atoms with van der Waals surface area (Å²) in [4.78, 5) is 2.09. The zero-order valence-corrected chi connectivity index (χ0v) is 13.0. The van der Waals surface area contributed by atoms with Crippen molar-refractivity contribution in [3.63, 3.8) is 0 Å². The number of anilines is 2. The Morgan fingerprint density at radius 2 is 1.76 bits per heavy atom. The van der Waals surface area contributed by atoms with Gasteiger partial charge in [0, 0.05) is 23.5 Å². The summed E-state index contributed by atoms with van der Waals surface area (Å²) in [6.45, 7) is 8.24. The van der Waals surface area contributed by atoms with E-state index < -0.39 is 6.10 Å². The molecule has 3 heteroatoms. The summed E-state index contributed by atoms with van der Waals surface area (Å²) in [5.74, 6) is -0.283. The first-order valence-electron chi connectivity index (χ1n) is 7.26. The molecule has 2 rings (SSSR count). The van der Waals surface area contributed by atoms with Crippen LogP contribution in [0.5, 0.6) is 0 Å². The maximum absolute atomic E-state index is 13.8. The molecule has 0 saturated carbocycles. The minimum Gasteiger partial charge on any atom is -0.389 e. The molecule has 2 aromatic carbocycles. The van der Waals surface area contributed by atoms with Crippen LogP contribution >= 0.6 is 0 Å². The minimum absolute atomic E-state index is 0.283. The van der Waals surface area contributed by atoms with Gasteiger partial charge in [0.1, 0.15) is 5.82 Å². The van der Waals surface area contributed by atoms with Crippen LogP contribution in [0.3, 0.4) is 0 Å². The number of aliphatic hydroxyl groups excluding tert-OH is 1. The van der Waals surface area contributed by atoms with Crippen LogP contribution in [0.15, 0.2) is 36.4 Å². The third kappa shape index (κ3) is 3.24. The molecule has 1 atom stereocenters. The Balaban J connectivity index is 2.56. The van der Waals surface area contributed by atoms with Gasteiger partial charge in [-0.05, 0) is 57.5 Å². The van der Waals surface area contributed by atoms with Crippen LogP contribution in [0, 0.1) is 19.7 Å². The Morgan fingerprint density at radius 1 is 1.14 bits per heavy atom. The highest BCUT2D eigenvalue weighted by atomic mass is 19.1. The van der Waals surface area contributed by atoms with Gasteiger partial charge in [0.15, 0.2) is 0 Å². The Hall–Kier alpha value is -1.87. The average Bonchev–Trinajstić information content (AvgIpc) is 2.45. The van der Waals surface area contributed by atoms with Crippen molar-refractivity contribution in [2.24, 2.45) is 0 Å². The molecule has 0 spiro atoms. The highest BCUT2D eigenvalue weighted by molar-refractivity contribution is 5.68. The van der Waals surface area contributed by atoms with Gasteiger partial charge in [0.05, 0.1) is 6.10 Å². The maximum atomic E-state index is 13.8. The first-order valence-corrected chi connectivity index (χ1v) is 7.26. The smallest absolute Gasteiger partial charge is 0.126 e. The monoisotopic (exact) mass is 287 g/mol. The van der Waals surface area contributed by atoms with Crippen LogP contribution in [-0.2, 0) is 0 Å². The molecule has 0 amide bonds. The first-order chi connectivity index (χ1) is 9.93. The third-order valence-corrected chi connectivity index (χ3v) is 3.71. The molecule has 2 aromatic rings. The second kappa shape index (κ2) is 6.27. The quantitative estimate of drug-likeness (QED) is 0.884. The molecule has 112 valence electrons. The SMILES string of the molecule is CCN(c1ccc(C)cc1)c1cc(C)c(F)cc1[C@@H](C)O. The molecule has 0 heterocycles. The molecular weight excluding hydrogens is 265 g/mol. The van der Waals surface area contributed by atoms with Crippen molar-refractivity contribution < 1.29 is 9.50 Å². The van der Waals surface area contributed by atoms with Crippen LogP contribution in [0.4, 0.5) is 15.8 Å². The minimum atomic E-state index is -0.713. The summed E-state index contributed by atoms with van der Waals surface area (Å²) in [5.41, 5.74) is 4.28. The standard InChI is InChI=1S/C18H22FNO/c1-5-20(15-8-6-12(2)7-9-15)18-10-13(3)17(19)11-16(18)14(4)21/h6-11,14,21H,5H2,1-4H3/t14-/m1/s1. The van der Waals surface area contributed by atoms with Crippen LogP contribution < -0.4 is 4.90 Å². The van der Waals surface area contributed by atoms with Crippen LogP contribution in [0.25, 0.3) is 0 Å². The van der Waals surface area contributed by atoms with Crippen molar-refractivity contribution in [3.05, 3.63) is 58.9 Å². The molecule has 0 aromatic heterocycles. The van der Waals surface area contributed by atoms with Gasteiger partial charge in [-0.15, -0.1) is 0 Å². The summed E-state index contributed by atoms with van der Waals surface area (Å²) < 4.78 is 13.8. The van der Waals surface area contributed by atoms with E-state index in [1.54, 1.807) is 19.9 Å². The van der Waals surface area contributed by atoms with Crippen molar-refractivity contribution >= 4 is 11.4 Å². The van der Waals surface area contributed by atoms with E-state index in [9.17, 15) is 9.50 Å². The van der Waals surface area contributed by atoms with E-state index in [0.29, 0.717) is 11.1 Å². The molecule has 0 fully saturated rings. The zero-order chi connectivity index (χ0) is 15.6. The Kier molecular flexibility index (Phi) is 4.63. The highest BCUT2D eigenvalue weighted by Crippen LogP contribution is 2.34. The predicted molar refractivity (Wildman–Crippen MR) is 85.6 cm³/mol. The fraction of sp³-hybridized carbons (Fsp3) is 0.333. The largest absolute Gasteiger partial charge is 0.389 e. The van der Waals surface area contributed by atoms with E-state index in [4.69, 9.17) is 0 Å². The van der Waals surface area contributed by atoms with Gasteiger partial charge in [-0.1, -0.05) is 17.7 Å². The summed E-state index contributed by atoms with van der Waals surface area (Å²) in [6.07, 6.45) is -0.713. The van der Waals surface area contributed by atoms with Crippen molar-refractivity contribution in [1.29, 1.82) is 0 Å². The Labute approximate surface area is 125 Å². The number of hydrogen-bond donors (Lipinski definition) is 1. The highest BCUT2D eigenvalue weighted by Gasteiger charge is 2.17. The fourth-order valence-electron chi connectivity index (χ4n) is 2.47. The number of aryl methyl sites for hydroxylation is 2. The molecule has 0 aliphatic carbocycles. The number of halogens is 1. The van der Waals surface area contributed by atoms with Gasteiger partial charge in [0.25, 0.3) is 0 Å². The molecular formula is C18H22FNO. The van der Waals surface area contributed by atoms with E-state index in [1.165, 1.54) is 11.6 Å². The van der Waals surface area contributed by atoms with E-state index >= 15 is 0 Å². The Bertz CT molecular complexity index is 620. The van der Waals surface area contributed by atoms with Gasteiger partial charge in [-0.25, -0.2) is 4.39 Å². The fourth-order valence-corrected chi connectivity index (χ4v) is 2.47. The molecule has 0 aliphatic heterocycles. The number of benzene rings is 2. The van der Waals surface area contributed by atoms with Crippen molar-refractivity contribution in [2.45, 2.75) is 33.8 Å². The second-order valence-electron chi connectivity index (χ2n) is 5.42. The molecule has 0 saturated heterocycles. The van der Waals surface area contributed by atoms with Gasteiger partial charge in [-0.2, -0.15) is 0 Å². The lowest BCUT2D eigenvalue weighted by Crippen LogP contribution is -2.19. The normalized spacial score (nSPS) is 12.3. The van der Waals surface area contributed by atoms with E-state index in [0.717, 1.165) is 17.9 Å². The van der Waals surface area contributed by atoms with Gasteiger partial charge < -0.3 is 10.0 Å². The molecule has 21 heavy (non-hydrogen) atoms. The lowest BCUT2D eigenvalue weighted by atomic mass is 10.0. The first kappa shape index (κ1) is 15.5. The summed E-state index contributed by atoms with van der Waals surface area (Å²) >= 11 is 0. The van der Waals surface area contributed by atoms with Crippen LogP contribution in [0.1, 0.15) is 36.6 Å². The van der Waals surface area contributed by atoms with Crippen LogP contribution in [-0.4, -0.2) is 11.7 Å². The summed E-state index contributed by atoms with van der Waals surface area (Å²) in [5, 5.41) is 9.96. The van der Waals surface area contributed by atoms with Gasteiger partial charge in [-0.3, -0.25) is 0 Å². The maximum Gasteiger partial charge on any atom is 0.126 e. The molecule has 2 nitrogen and oxygen atoms in total. The van der Waals surface area contributed by atoms with Gasteiger partial charge in [0.2, 0.25) is 0 Å². The molecule has 0 unspecified atom stereocenters. The third-order valence-electron chi connectivity index (χ3n) is 3.71. The topological polar surface area (TPSA) is 23.5 Å². The number of nitrogens with zero attached hydrogens (tertiary/aromatic N) is 1. The van der Waals surface area contributed by atoms with Gasteiger partial charge >= 0.3 is 0 Å². The van der Waals surface area contributed by atoms with Crippen molar-refractivity contribution in [3.8, 4) is 0 Å². The summed E-state index contributed by atoms with van der Waals surface area (Å²) in [7, 11) is 0. The molecule has 0 radical (unpaired) electrons. The summed E-state index contributed by atoms with van der Waals surface area (Å²) in [6, 6.07) is 11.4. The van der Waals surface area contributed by atoms with Crippen molar-refractivity contribution in [2.75, 3.05) is 11.4 Å². The lowest BCUT2D eigenvalue weighted by molar-refractivity contribution is 0.199. The predicted octanol–water partition coefficient (Wildman–Crippen LogP) is 4.65. The average molecular weight is 287 g/mol. The second-order valence-corrected chi connectivity index (χ2v) is 5.42. The van der Waals surface area contributed by atoms with E-state index in [1.807, 2.05) is 26.0 Å². The number of rotatable bonds is 4. The number of hydrogen-bond acceptors (Lipinski definition) is 2. The van der Waals surface area contributed by atoms with Crippen molar-refractivity contribution in [1.82, 2.24) is 0 Å². The van der Waals surface area contributed by atoms with E-state index in [-0.39, 0.29) is 5.82 Å². The lowest BCUT2D eigenvalue weighted by Gasteiger charge is -2.27. The zero-order valence-electron chi connectivity index (χ0n) is 13.0. The molecule has 0 bridgehead atoms.